The predicted octanol–water partition coefficient (Wildman–Crippen LogP) is 4.19. The van der Waals surface area contributed by atoms with Crippen LogP contribution in [0.3, 0.4) is 0 Å². The van der Waals surface area contributed by atoms with Crippen LogP contribution in [0.1, 0.15) is 63.0 Å². The van der Waals surface area contributed by atoms with Crippen LogP contribution in [0.4, 0.5) is 0 Å². The molecular weight excluding hydrogens is 236 g/mol. The number of fused-ring (bicyclic) bond motifs is 1. The summed E-state index contributed by atoms with van der Waals surface area (Å²) >= 11 is 0. The Labute approximate surface area is 116 Å². The molecule has 1 aromatic carbocycles. The van der Waals surface area contributed by atoms with Crippen LogP contribution in [-0.4, -0.2) is 12.2 Å². The Morgan fingerprint density at radius 3 is 2.74 bits per heavy atom. The highest BCUT2D eigenvalue weighted by Gasteiger charge is 2.36. The lowest BCUT2D eigenvalue weighted by molar-refractivity contribution is 0.0266. The lowest BCUT2D eigenvalue weighted by Gasteiger charge is -2.24. The van der Waals surface area contributed by atoms with E-state index in [1.165, 1.54) is 31.2 Å². The molecule has 0 aliphatic heterocycles. The number of methoxy groups -OCH3 is 1. The SMILES string of the molecule is CCCCCCCC1(O)CCc2ccc(OC)cc21. The van der Waals surface area contributed by atoms with Crippen molar-refractivity contribution in [1.82, 2.24) is 0 Å². The van der Waals surface area contributed by atoms with Crippen LogP contribution in [-0.2, 0) is 12.0 Å². The average molecular weight is 262 g/mol. The molecule has 2 heteroatoms. The van der Waals surface area contributed by atoms with E-state index in [4.69, 9.17) is 4.74 Å². The van der Waals surface area contributed by atoms with Crippen molar-refractivity contribution in [2.45, 2.75) is 63.9 Å². The van der Waals surface area contributed by atoms with Gasteiger partial charge in [0.05, 0.1) is 12.7 Å². The summed E-state index contributed by atoms with van der Waals surface area (Å²) in [6.45, 7) is 2.23. The number of ether oxygens (including phenoxy) is 1. The first-order chi connectivity index (χ1) is 9.19. The van der Waals surface area contributed by atoms with Crippen LogP contribution in [0.15, 0.2) is 18.2 Å². The van der Waals surface area contributed by atoms with E-state index in [1.807, 2.05) is 12.1 Å². The lowest BCUT2D eigenvalue weighted by atomic mass is 9.89. The summed E-state index contributed by atoms with van der Waals surface area (Å²) in [5.41, 5.74) is 1.77. The van der Waals surface area contributed by atoms with Crippen molar-refractivity contribution in [2.24, 2.45) is 0 Å². The van der Waals surface area contributed by atoms with E-state index < -0.39 is 5.60 Å². The van der Waals surface area contributed by atoms with Gasteiger partial charge in [-0.2, -0.15) is 0 Å². The number of aliphatic hydroxyl groups is 1. The second-order valence-electron chi connectivity index (χ2n) is 5.72. The molecule has 1 N–H and O–H groups in total. The van der Waals surface area contributed by atoms with Crippen LogP contribution in [0, 0.1) is 0 Å². The summed E-state index contributed by atoms with van der Waals surface area (Å²) in [4.78, 5) is 0. The first-order valence-electron chi connectivity index (χ1n) is 7.59. The summed E-state index contributed by atoms with van der Waals surface area (Å²) in [5.74, 6) is 0.852. The maximum atomic E-state index is 10.9. The molecule has 0 bridgehead atoms. The maximum Gasteiger partial charge on any atom is 0.119 e. The third kappa shape index (κ3) is 3.30. The molecule has 1 aliphatic carbocycles. The lowest BCUT2D eigenvalue weighted by Crippen LogP contribution is -2.22. The molecule has 0 saturated carbocycles. The van der Waals surface area contributed by atoms with Gasteiger partial charge in [-0.15, -0.1) is 0 Å². The average Bonchev–Trinajstić information content (AvgIpc) is 2.76. The van der Waals surface area contributed by atoms with Gasteiger partial charge in [-0.05, 0) is 42.5 Å². The van der Waals surface area contributed by atoms with Gasteiger partial charge in [-0.3, -0.25) is 0 Å². The summed E-state index contributed by atoms with van der Waals surface area (Å²) in [5, 5.41) is 10.9. The number of hydrogen-bond acceptors (Lipinski definition) is 2. The Balaban J connectivity index is 1.98. The summed E-state index contributed by atoms with van der Waals surface area (Å²) in [7, 11) is 1.68. The van der Waals surface area contributed by atoms with Crippen molar-refractivity contribution < 1.29 is 9.84 Å². The van der Waals surface area contributed by atoms with Crippen LogP contribution >= 0.6 is 0 Å². The largest absolute Gasteiger partial charge is 0.497 e. The van der Waals surface area contributed by atoms with Crippen LogP contribution in [0.25, 0.3) is 0 Å². The molecule has 0 radical (unpaired) electrons. The van der Waals surface area contributed by atoms with Crippen molar-refractivity contribution in [3.05, 3.63) is 29.3 Å². The standard InChI is InChI=1S/C17H26O2/c1-3-4-5-6-7-11-17(18)12-10-14-8-9-15(19-2)13-16(14)17/h8-9,13,18H,3-7,10-12H2,1-2H3. The Kier molecular flexibility index (Phi) is 4.87. The smallest absolute Gasteiger partial charge is 0.119 e. The third-order valence-corrected chi connectivity index (χ3v) is 4.32. The first-order valence-corrected chi connectivity index (χ1v) is 7.59. The Morgan fingerprint density at radius 2 is 2.00 bits per heavy atom. The van der Waals surface area contributed by atoms with Gasteiger partial charge in [0.2, 0.25) is 0 Å². The molecule has 1 unspecified atom stereocenters. The quantitative estimate of drug-likeness (QED) is 0.747. The molecule has 0 amide bonds. The van der Waals surface area contributed by atoms with E-state index >= 15 is 0 Å². The molecule has 2 rings (SSSR count). The second-order valence-corrected chi connectivity index (χ2v) is 5.72. The Morgan fingerprint density at radius 1 is 1.21 bits per heavy atom. The molecule has 1 aromatic rings. The Bertz CT molecular complexity index is 414. The monoisotopic (exact) mass is 262 g/mol. The first kappa shape index (κ1) is 14.4. The minimum Gasteiger partial charge on any atom is -0.497 e. The minimum absolute atomic E-state index is 0.615. The van der Waals surface area contributed by atoms with E-state index in [0.29, 0.717) is 0 Å². The van der Waals surface area contributed by atoms with Crippen molar-refractivity contribution in [1.29, 1.82) is 0 Å². The van der Waals surface area contributed by atoms with Crippen molar-refractivity contribution >= 4 is 0 Å². The van der Waals surface area contributed by atoms with Crippen LogP contribution in [0.5, 0.6) is 5.75 Å². The molecule has 1 atom stereocenters. The minimum atomic E-state index is -0.615. The van der Waals surface area contributed by atoms with Crippen molar-refractivity contribution in [3.8, 4) is 5.75 Å². The molecule has 0 aromatic heterocycles. The van der Waals surface area contributed by atoms with E-state index in [-0.39, 0.29) is 0 Å². The highest BCUT2D eigenvalue weighted by atomic mass is 16.5. The number of rotatable bonds is 7. The van der Waals surface area contributed by atoms with Gasteiger partial charge in [-0.1, -0.05) is 45.1 Å². The highest BCUT2D eigenvalue weighted by molar-refractivity contribution is 5.42. The van der Waals surface area contributed by atoms with Crippen molar-refractivity contribution in [2.75, 3.05) is 7.11 Å². The zero-order valence-electron chi connectivity index (χ0n) is 12.2. The number of aryl methyl sites for hydroxylation is 1. The van der Waals surface area contributed by atoms with E-state index in [1.54, 1.807) is 7.11 Å². The normalized spacial score (nSPS) is 21.4. The van der Waals surface area contributed by atoms with E-state index in [2.05, 4.69) is 13.0 Å². The number of hydrogen-bond donors (Lipinski definition) is 1. The zero-order valence-corrected chi connectivity index (χ0v) is 12.2. The highest BCUT2D eigenvalue weighted by Crippen LogP contribution is 2.42. The molecule has 0 heterocycles. The molecule has 0 saturated heterocycles. The van der Waals surface area contributed by atoms with E-state index in [9.17, 15) is 5.11 Å². The van der Waals surface area contributed by atoms with Crippen LogP contribution in [0.2, 0.25) is 0 Å². The fourth-order valence-electron chi connectivity index (χ4n) is 3.09. The van der Waals surface area contributed by atoms with Gasteiger partial charge in [-0.25, -0.2) is 0 Å². The predicted molar refractivity (Wildman–Crippen MR) is 78.6 cm³/mol. The topological polar surface area (TPSA) is 29.5 Å². The summed E-state index contributed by atoms with van der Waals surface area (Å²) in [6, 6.07) is 6.11. The second kappa shape index (κ2) is 6.42. The summed E-state index contributed by atoms with van der Waals surface area (Å²) < 4.78 is 5.28. The fourth-order valence-corrected chi connectivity index (χ4v) is 3.09. The maximum absolute atomic E-state index is 10.9. The molecule has 0 fully saturated rings. The molecule has 2 nitrogen and oxygen atoms in total. The zero-order chi connectivity index (χ0) is 13.7. The molecular formula is C17H26O2. The molecule has 19 heavy (non-hydrogen) atoms. The van der Waals surface area contributed by atoms with Gasteiger partial charge in [0.15, 0.2) is 0 Å². The van der Waals surface area contributed by atoms with Crippen LogP contribution < -0.4 is 4.74 Å². The molecule has 0 spiro atoms. The molecule has 106 valence electrons. The third-order valence-electron chi connectivity index (χ3n) is 4.32. The fraction of sp³-hybridized carbons (Fsp3) is 0.647. The number of unbranched alkanes of at least 4 members (excludes halogenated alkanes) is 4. The van der Waals surface area contributed by atoms with E-state index in [0.717, 1.165) is 37.0 Å². The van der Waals surface area contributed by atoms with Gasteiger partial charge in [0, 0.05) is 0 Å². The Hall–Kier alpha value is -1.02. The van der Waals surface area contributed by atoms with Gasteiger partial charge < -0.3 is 9.84 Å². The van der Waals surface area contributed by atoms with Crippen molar-refractivity contribution in [3.63, 3.8) is 0 Å². The molecule has 1 aliphatic rings. The van der Waals surface area contributed by atoms with Gasteiger partial charge >= 0.3 is 0 Å². The summed E-state index contributed by atoms with van der Waals surface area (Å²) in [6.07, 6.45) is 8.96. The van der Waals surface area contributed by atoms with Gasteiger partial charge in [0.1, 0.15) is 5.75 Å². The number of benzene rings is 1. The van der Waals surface area contributed by atoms with Gasteiger partial charge in [0.25, 0.3) is 0 Å².